The van der Waals surface area contributed by atoms with Gasteiger partial charge in [0, 0.05) is 29.9 Å². The number of carbonyl (C=O) groups is 4. The van der Waals surface area contributed by atoms with E-state index >= 15 is 0 Å². The van der Waals surface area contributed by atoms with Crippen molar-refractivity contribution in [1.82, 2.24) is 20.9 Å². The van der Waals surface area contributed by atoms with Crippen molar-refractivity contribution < 1.29 is 29.4 Å². The summed E-state index contributed by atoms with van der Waals surface area (Å²) in [5.41, 5.74) is 9.34. The number of nitrogens with two attached hydrogens (primary N) is 1. The van der Waals surface area contributed by atoms with E-state index in [9.17, 15) is 29.4 Å². The highest BCUT2D eigenvalue weighted by Gasteiger charge is 2.31. The Hall–Kier alpha value is -5.16. The van der Waals surface area contributed by atoms with Crippen LogP contribution in [0.25, 0.3) is 10.9 Å². The molecule has 8 N–H and O–H groups in total. The number of aromatic nitrogens is 1. The van der Waals surface area contributed by atoms with E-state index in [1.165, 1.54) is 12.1 Å². The largest absolute Gasteiger partial charge is 0.508 e. The van der Waals surface area contributed by atoms with Gasteiger partial charge >= 0.3 is 5.97 Å². The van der Waals surface area contributed by atoms with Gasteiger partial charge in [-0.15, -0.1) is 0 Å². The average Bonchev–Trinajstić information content (AvgIpc) is 3.44. The number of para-hydroxylation sites is 1. The van der Waals surface area contributed by atoms with Crippen LogP contribution in [0.1, 0.15) is 37.0 Å². The van der Waals surface area contributed by atoms with Gasteiger partial charge in [0.05, 0.1) is 6.04 Å². The second-order valence-corrected chi connectivity index (χ2v) is 11.9. The lowest BCUT2D eigenvalue weighted by molar-refractivity contribution is -0.142. The van der Waals surface area contributed by atoms with Crippen LogP contribution in [0.3, 0.4) is 0 Å². The third kappa shape index (κ3) is 9.42. The van der Waals surface area contributed by atoms with Gasteiger partial charge in [-0.1, -0.05) is 74.5 Å². The fraction of sp³-hybridized carbons (Fsp3) is 0.314. The molecule has 4 aromatic rings. The first kappa shape index (κ1) is 33.7. The lowest BCUT2D eigenvalue weighted by Gasteiger charge is -2.26. The Bertz CT molecular complexity index is 1640. The maximum atomic E-state index is 13.9. The number of benzene rings is 3. The predicted molar refractivity (Wildman–Crippen MR) is 175 cm³/mol. The third-order valence-corrected chi connectivity index (χ3v) is 7.70. The van der Waals surface area contributed by atoms with E-state index in [1.807, 2.05) is 44.2 Å². The highest BCUT2D eigenvalue weighted by molar-refractivity contribution is 5.95. The zero-order valence-corrected chi connectivity index (χ0v) is 25.9. The Morgan fingerprint density at radius 1 is 0.717 bits per heavy atom. The summed E-state index contributed by atoms with van der Waals surface area (Å²) in [6, 6.07) is 18.5. The Labute approximate surface area is 267 Å². The summed E-state index contributed by atoms with van der Waals surface area (Å²) in [6.07, 6.45) is 2.36. The Morgan fingerprint density at radius 2 is 1.30 bits per heavy atom. The molecule has 242 valence electrons. The van der Waals surface area contributed by atoms with Crippen molar-refractivity contribution in [2.24, 2.45) is 11.7 Å². The number of nitrogens with one attached hydrogen (secondary N) is 4. The van der Waals surface area contributed by atoms with Gasteiger partial charge in [-0.05, 0) is 53.6 Å². The van der Waals surface area contributed by atoms with Crippen molar-refractivity contribution in [3.05, 3.63) is 102 Å². The molecule has 3 aromatic carbocycles. The summed E-state index contributed by atoms with van der Waals surface area (Å²) < 4.78 is 0. The molecule has 0 aliphatic carbocycles. The summed E-state index contributed by atoms with van der Waals surface area (Å²) in [6.45, 7) is 3.78. The number of carbonyl (C=O) groups excluding carboxylic acids is 3. The van der Waals surface area contributed by atoms with E-state index < -0.39 is 47.9 Å². The SMILES string of the molecule is CC(C)CC(NC(=O)C(Cc1c[nH]c2ccccc12)NC(=O)C(N)Cc1ccc(O)cc1)C(=O)NC(Cc1ccccc1)C(=O)O. The number of aliphatic carboxylic acids is 1. The maximum Gasteiger partial charge on any atom is 0.326 e. The highest BCUT2D eigenvalue weighted by atomic mass is 16.4. The predicted octanol–water partition coefficient (Wildman–Crippen LogP) is 2.81. The Kier molecular flexibility index (Phi) is 11.5. The molecule has 1 aromatic heterocycles. The zero-order valence-electron chi connectivity index (χ0n) is 25.9. The molecule has 0 saturated carbocycles. The summed E-state index contributed by atoms with van der Waals surface area (Å²) in [5, 5.41) is 28.4. The number of hydrogen-bond donors (Lipinski definition) is 7. The minimum Gasteiger partial charge on any atom is -0.508 e. The number of rotatable bonds is 15. The first-order chi connectivity index (χ1) is 22.0. The van der Waals surface area contributed by atoms with Gasteiger partial charge in [0.2, 0.25) is 17.7 Å². The van der Waals surface area contributed by atoms with Gasteiger partial charge in [0.25, 0.3) is 0 Å². The lowest BCUT2D eigenvalue weighted by Crippen LogP contribution is -2.58. The molecule has 4 unspecified atom stereocenters. The number of aromatic hydroxyl groups is 1. The fourth-order valence-electron chi connectivity index (χ4n) is 5.28. The van der Waals surface area contributed by atoms with Gasteiger partial charge in [-0.3, -0.25) is 14.4 Å². The van der Waals surface area contributed by atoms with Crippen molar-refractivity contribution >= 4 is 34.6 Å². The van der Waals surface area contributed by atoms with Gasteiger partial charge in [0.15, 0.2) is 0 Å². The summed E-state index contributed by atoms with van der Waals surface area (Å²) in [7, 11) is 0. The molecule has 11 nitrogen and oxygen atoms in total. The second-order valence-electron chi connectivity index (χ2n) is 11.9. The molecule has 46 heavy (non-hydrogen) atoms. The van der Waals surface area contributed by atoms with Crippen LogP contribution in [-0.2, 0) is 38.4 Å². The van der Waals surface area contributed by atoms with Crippen molar-refractivity contribution in [3.63, 3.8) is 0 Å². The number of phenolic OH excluding ortho intramolecular Hbond substituents is 1. The van der Waals surface area contributed by atoms with Crippen molar-refractivity contribution in [2.45, 2.75) is 63.7 Å². The summed E-state index contributed by atoms with van der Waals surface area (Å²) >= 11 is 0. The minimum absolute atomic E-state index is 0.0196. The molecule has 0 radical (unpaired) electrons. The maximum absolute atomic E-state index is 13.9. The van der Waals surface area contributed by atoms with E-state index in [0.717, 1.165) is 27.6 Å². The van der Waals surface area contributed by atoms with Crippen molar-refractivity contribution in [2.75, 3.05) is 0 Å². The van der Waals surface area contributed by atoms with Gasteiger partial charge in [-0.25, -0.2) is 4.79 Å². The summed E-state index contributed by atoms with van der Waals surface area (Å²) in [4.78, 5) is 55.9. The Balaban J connectivity index is 1.53. The van der Waals surface area contributed by atoms with Gasteiger partial charge in [0.1, 0.15) is 23.9 Å². The number of aromatic amines is 1. The molecular formula is C35H41N5O6. The standard InChI is InChI=1S/C35H41N5O6/c1-21(2)16-29(33(43)40-31(35(45)46)18-22-8-4-3-5-9-22)39-34(44)30(19-24-20-37-28-11-7-6-10-26(24)28)38-32(42)27(36)17-23-12-14-25(41)15-13-23/h3-15,20-21,27,29-31,37,41H,16-19,36H2,1-2H3,(H,38,42)(H,39,44)(H,40,43)(H,45,46). The number of carboxylic acids is 1. The van der Waals surface area contributed by atoms with E-state index in [2.05, 4.69) is 20.9 Å². The average molecular weight is 628 g/mol. The van der Waals surface area contributed by atoms with Crippen LogP contribution < -0.4 is 21.7 Å². The van der Waals surface area contributed by atoms with Gasteiger partial charge < -0.3 is 36.9 Å². The Morgan fingerprint density at radius 3 is 1.98 bits per heavy atom. The quantitative estimate of drug-likeness (QED) is 0.106. The lowest BCUT2D eigenvalue weighted by atomic mass is 9.99. The molecule has 3 amide bonds. The molecule has 4 rings (SSSR count). The molecule has 0 spiro atoms. The molecule has 4 atom stereocenters. The normalized spacial score (nSPS) is 13.8. The van der Waals surface area contributed by atoms with Crippen molar-refractivity contribution in [3.8, 4) is 5.75 Å². The van der Waals surface area contributed by atoms with Crippen LogP contribution >= 0.6 is 0 Å². The second kappa shape index (κ2) is 15.7. The number of hydrogen-bond acceptors (Lipinski definition) is 6. The van der Waals surface area contributed by atoms with Crippen LogP contribution in [0.2, 0.25) is 0 Å². The highest BCUT2D eigenvalue weighted by Crippen LogP contribution is 2.20. The van der Waals surface area contributed by atoms with E-state index in [4.69, 9.17) is 5.73 Å². The number of carboxylic acid groups (broad SMARTS) is 1. The van der Waals surface area contributed by atoms with Crippen LogP contribution in [0.5, 0.6) is 5.75 Å². The molecular weight excluding hydrogens is 586 g/mol. The molecule has 0 fully saturated rings. The van der Waals surface area contributed by atoms with E-state index in [0.29, 0.717) is 0 Å². The minimum atomic E-state index is -1.21. The molecule has 11 heteroatoms. The van der Waals surface area contributed by atoms with E-state index in [-0.39, 0.29) is 37.4 Å². The monoisotopic (exact) mass is 627 g/mol. The third-order valence-electron chi connectivity index (χ3n) is 7.70. The first-order valence-electron chi connectivity index (χ1n) is 15.3. The molecule has 0 bridgehead atoms. The number of amides is 3. The summed E-state index contributed by atoms with van der Waals surface area (Å²) in [5.74, 6) is -2.93. The number of H-pyrrole nitrogens is 1. The van der Waals surface area contributed by atoms with Crippen LogP contribution in [0, 0.1) is 5.92 Å². The smallest absolute Gasteiger partial charge is 0.326 e. The zero-order chi connectivity index (χ0) is 33.2. The number of fused-ring (bicyclic) bond motifs is 1. The molecule has 0 aliphatic heterocycles. The molecule has 1 heterocycles. The molecule has 0 aliphatic rings. The van der Waals surface area contributed by atoms with E-state index in [1.54, 1.807) is 42.6 Å². The fourth-order valence-corrected chi connectivity index (χ4v) is 5.28. The number of phenols is 1. The molecule has 0 saturated heterocycles. The van der Waals surface area contributed by atoms with Gasteiger partial charge in [-0.2, -0.15) is 0 Å². The van der Waals surface area contributed by atoms with Crippen LogP contribution in [0.4, 0.5) is 0 Å². The topological polar surface area (TPSA) is 187 Å². The van der Waals surface area contributed by atoms with Crippen molar-refractivity contribution in [1.29, 1.82) is 0 Å². The van der Waals surface area contributed by atoms with Crippen LogP contribution in [0.15, 0.2) is 85.1 Å². The first-order valence-corrected chi connectivity index (χ1v) is 15.3. The van der Waals surface area contributed by atoms with Crippen LogP contribution in [-0.4, -0.2) is 63.1 Å².